The molecule has 0 N–H and O–H groups in total. The third kappa shape index (κ3) is 5.57. The zero-order valence-electron chi connectivity index (χ0n) is 20.7. The molecule has 5 nitrogen and oxygen atoms in total. The van der Waals surface area contributed by atoms with Crippen molar-refractivity contribution in [1.29, 1.82) is 0 Å². The summed E-state index contributed by atoms with van der Waals surface area (Å²) in [6.45, 7) is 0.516. The Kier molecular flexibility index (Phi) is 7.74. The van der Waals surface area contributed by atoms with Gasteiger partial charge in [-0.2, -0.15) is 4.31 Å². The second-order valence-electron chi connectivity index (χ2n) is 8.71. The monoisotopic (exact) mass is 543 g/mol. The lowest BCUT2D eigenvalue weighted by molar-refractivity contribution is 0.401. The first-order valence-corrected chi connectivity index (χ1v) is 14.7. The average molecular weight is 544 g/mol. The Morgan fingerprint density at radius 2 is 1.34 bits per heavy atom. The highest BCUT2D eigenvalue weighted by Gasteiger charge is 2.25. The molecule has 5 aromatic rings. The molecule has 0 spiro atoms. The van der Waals surface area contributed by atoms with Crippen LogP contribution < -0.4 is 0 Å². The molecule has 0 saturated heterocycles. The van der Waals surface area contributed by atoms with Crippen molar-refractivity contribution in [2.75, 3.05) is 6.26 Å². The molecule has 0 unspecified atom stereocenters. The highest BCUT2D eigenvalue weighted by atomic mass is 32.2. The van der Waals surface area contributed by atoms with Crippen LogP contribution in [0.4, 0.5) is 4.39 Å². The van der Waals surface area contributed by atoms with Crippen LogP contribution in [-0.2, 0) is 23.1 Å². The van der Waals surface area contributed by atoms with E-state index in [-0.39, 0.29) is 23.8 Å². The number of thioether (sulfide) groups is 1. The van der Waals surface area contributed by atoms with Gasteiger partial charge in [-0.25, -0.2) is 17.8 Å². The van der Waals surface area contributed by atoms with Gasteiger partial charge in [-0.15, -0.1) is 0 Å². The quantitative estimate of drug-likeness (QED) is 0.192. The second kappa shape index (κ2) is 11.3. The lowest BCUT2D eigenvalue weighted by Crippen LogP contribution is -2.30. The van der Waals surface area contributed by atoms with E-state index in [4.69, 9.17) is 0 Å². The number of benzene rings is 4. The average Bonchev–Trinajstić information content (AvgIpc) is 3.38. The number of aromatic nitrogens is 2. The van der Waals surface area contributed by atoms with Crippen LogP contribution in [0.1, 0.15) is 11.1 Å². The van der Waals surface area contributed by atoms with Crippen LogP contribution >= 0.6 is 11.8 Å². The fraction of sp³-hybridized carbons (Fsp3) is 0.100. The van der Waals surface area contributed by atoms with E-state index in [1.54, 1.807) is 42.6 Å². The van der Waals surface area contributed by atoms with Crippen LogP contribution in [0.25, 0.3) is 16.9 Å². The van der Waals surface area contributed by atoms with Crippen molar-refractivity contribution in [3.05, 3.63) is 132 Å². The molecule has 0 bridgehead atoms. The van der Waals surface area contributed by atoms with Gasteiger partial charge in [0.2, 0.25) is 10.0 Å². The van der Waals surface area contributed by atoms with Crippen molar-refractivity contribution >= 4 is 21.8 Å². The van der Waals surface area contributed by atoms with E-state index in [1.165, 1.54) is 28.2 Å². The molecule has 0 aliphatic carbocycles. The molecule has 192 valence electrons. The standard InChI is InChI=1S/C30H26FN3O2S2/c1-37-30-32-20-29(34(30)27-16-14-26(31)15-17-27)25-12-18-28(19-13-25)38(35,36)33(21-23-8-4-2-5-9-23)22-24-10-6-3-7-11-24/h2-20H,21-22H2,1H3. The smallest absolute Gasteiger partial charge is 0.243 e. The molecule has 5 rings (SSSR count). The number of rotatable bonds is 9. The van der Waals surface area contributed by atoms with Gasteiger partial charge in [0, 0.05) is 24.3 Å². The maximum atomic E-state index is 13.8. The predicted molar refractivity (Wildman–Crippen MR) is 150 cm³/mol. The number of imidazole rings is 1. The molecule has 0 saturated carbocycles. The first kappa shape index (κ1) is 25.9. The van der Waals surface area contributed by atoms with Gasteiger partial charge < -0.3 is 0 Å². The number of sulfonamides is 1. The summed E-state index contributed by atoms with van der Waals surface area (Å²) in [5.74, 6) is -0.314. The summed E-state index contributed by atoms with van der Waals surface area (Å²) < 4.78 is 44.6. The summed E-state index contributed by atoms with van der Waals surface area (Å²) >= 11 is 1.48. The fourth-order valence-corrected chi connectivity index (χ4v) is 6.23. The van der Waals surface area contributed by atoms with Gasteiger partial charge >= 0.3 is 0 Å². The molecule has 0 amide bonds. The van der Waals surface area contributed by atoms with E-state index >= 15 is 0 Å². The van der Waals surface area contributed by atoms with Crippen molar-refractivity contribution in [2.45, 2.75) is 23.1 Å². The molecular weight excluding hydrogens is 517 g/mol. The summed E-state index contributed by atoms with van der Waals surface area (Å²) in [7, 11) is -3.80. The van der Waals surface area contributed by atoms with Crippen LogP contribution in [0.3, 0.4) is 0 Å². The van der Waals surface area contributed by atoms with Crippen LogP contribution in [0.5, 0.6) is 0 Å². The van der Waals surface area contributed by atoms with Gasteiger partial charge in [0.15, 0.2) is 5.16 Å². The lowest BCUT2D eigenvalue weighted by atomic mass is 10.1. The van der Waals surface area contributed by atoms with E-state index in [0.29, 0.717) is 0 Å². The molecule has 1 heterocycles. The highest BCUT2D eigenvalue weighted by molar-refractivity contribution is 7.98. The van der Waals surface area contributed by atoms with Crippen molar-refractivity contribution in [2.24, 2.45) is 0 Å². The Morgan fingerprint density at radius 1 is 0.789 bits per heavy atom. The van der Waals surface area contributed by atoms with Gasteiger partial charge in [-0.1, -0.05) is 84.6 Å². The Bertz CT molecular complexity index is 1560. The minimum Gasteiger partial charge on any atom is -0.287 e. The van der Waals surface area contributed by atoms with Gasteiger partial charge in [-0.05, 0) is 53.8 Å². The Morgan fingerprint density at radius 3 is 1.87 bits per heavy atom. The molecule has 0 radical (unpaired) electrons. The van der Waals surface area contributed by atoms with Crippen molar-refractivity contribution in [3.8, 4) is 16.9 Å². The predicted octanol–water partition coefficient (Wildman–Crippen LogP) is 6.79. The molecule has 0 atom stereocenters. The summed E-state index contributed by atoms with van der Waals surface area (Å²) in [5, 5.41) is 0.750. The SMILES string of the molecule is CSc1ncc(-c2ccc(S(=O)(=O)N(Cc3ccccc3)Cc3ccccc3)cc2)n1-c1ccc(F)cc1. The third-order valence-corrected chi connectivity index (χ3v) is 8.65. The Labute approximate surface area is 226 Å². The fourth-order valence-electron chi connectivity index (χ4n) is 4.27. The van der Waals surface area contributed by atoms with E-state index < -0.39 is 10.0 Å². The topological polar surface area (TPSA) is 55.2 Å². The van der Waals surface area contributed by atoms with E-state index in [2.05, 4.69) is 4.98 Å². The second-order valence-corrected chi connectivity index (χ2v) is 11.4. The van der Waals surface area contributed by atoms with Gasteiger partial charge in [0.25, 0.3) is 0 Å². The molecule has 4 aromatic carbocycles. The van der Waals surface area contributed by atoms with E-state index in [9.17, 15) is 12.8 Å². The van der Waals surface area contributed by atoms with E-state index in [0.717, 1.165) is 33.2 Å². The Hall–Kier alpha value is -3.72. The molecule has 0 fully saturated rings. The van der Waals surface area contributed by atoms with Gasteiger partial charge in [0.05, 0.1) is 16.8 Å². The Balaban J connectivity index is 1.49. The van der Waals surface area contributed by atoms with Crippen LogP contribution in [0.2, 0.25) is 0 Å². The molecular formula is C30H26FN3O2S2. The molecule has 0 aliphatic heterocycles. The number of hydrogen-bond acceptors (Lipinski definition) is 4. The van der Waals surface area contributed by atoms with Crippen molar-refractivity contribution in [3.63, 3.8) is 0 Å². The van der Waals surface area contributed by atoms with E-state index in [1.807, 2.05) is 71.5 Å². The number of halogens is 1. The molecule has 1 aromatic heterocycles. The first-order chi connectivity index (χ1) is 18.5. The van der Waals surface area contributed by atoms with Crippen molar-refractivity contribution in [1.82, 2.24) is 13.9 Å². The summed E-state index contributed by atoms with van der Waals surface area (Å²) in [6.07, 6.45) is 3.67. The summed E-state index contributed by atoms with van der Waals surface area (Å²) in [6, 6.07) is 32.2. The number of hydrogen-bond donors (Lipinski definition) is 0. The normalized spacial score (nSPS) is 11.7. The lowest BCUT2D eigenvalue weighted by Gasteiger charge is -2.23. The largest absolute Gasteiger partial charge is 0.287 e. The molecule has 38 heavy (non-hydrogen) atoms. The first-order valence-electron chi connectivity index (χ1n) is 12.0. The molecule has 8 heteroatoms. The minimum atomic E-state index is -3.80. The molecule has 0 aliphatic rings. The third-order valence-electron chi connectivity index (χ3n) is 6.19. The maximum absolute atomic E-state index is 13.8. The summed E-state index contributed by atoms with van der Waals surface area (Å²) in [4.78, 5) is 4.72. The zero-order chi connectivity index (χ0) is 26.5. The highest BCUT2D eigenvalue weighted by Crippen LogP contribution is 2.30. The van der Waals surface area contributed by atoms with Gasteiger partial charge in [0.1, 0.15) is 5.82 Å². The van der Waals surface area contributed by atoms with Crippen LogP contribution in [-0.4, -0.2) is 28.5 Å². The minimum absolute atomic E-state index is 0.214. The summed E-state index contributed by atoms with van der Waals surface area (Å²) in [5.41, 5.74) is 4.19. The van der Waals surface area contributed by atoms with Crippen molar-refractivity contribution < 1.29 is 12.8 Å². The van der Waals surface area contributed by atoms with Crippen LogP contribution in [0, 0.1) is 5.82 Å². The number of nitrogens with zero attached hydrogens (tertiary/aromatic N) is 3. The zero-order valence-corrected chi connectivity index (χ0v) is 22.4. The van der Waals surface area contributed by atoms with Gasteiger partial charge in [-0.3, -0.25) is 4.57 Å². The van der Waals surface area contributed by atoms with Crippen LogP contribution in [0.15, 0.2) is 125 Å². The maximum Gasteiger partial charge on any atom is 0.243 e.